The van der Waals surface area contributed by atoms with Crippen LogP contribution in [0.2, 0.25) is 0 Å². The number of aryl methyl sites for hydroxylation is 1. The molecule has 0 amide bonds. The molecule has 1 aliphatic rings. The van der Waals surface area contributed by atoms with Gasteiger partial charge in [-0.15, -0.1) is 22.7 Å². The molecule has 4 heteroatoms. The zero-order valence-corrected chi connectivity index (χ0v) is 12.3. The lowest BCUT2D eigenvalue weighted by Crippen LogP contribution is -2.22. The second-order valence-electron chi connectivity index (χ2n) is 4.73. The minimum atomic E-state index is 0.622. The van der Waals surface area contributed by atoms with Crippen molar-refractivity contribution >= 4 is 22.7 Å². The van der Waals surface area contributed by atoms with E-state index in [2.05, 4.69) is 39.7 Å². The molecule has 0 N–H and O–H groups in total. The van der Waals surface area contributed by atoms with Gasteiger partial charge in [0.1, 0.15) is 0 Å². The fourth-order valence-corrected chi connectivity index (χ4v) is 4.24. The summed E-state index contributed by atoms with van der Waals surface area (Å²) in [7, 11) is 0. The first-order chi connectivity index (χ1) is 8.86. The lowest BCUT2D eigenvalue weighted by Gasteiger charge is -2.22. The number of thiophene rings is 1. The van der Waals surface area contributed by atoms with E-state index in [1.54, 1.807) is 11.3 Å². The van der Waals surface area contributed by atoms with Gasteiger partial charge in [0, 0.05) is 22.8 Å². The molecule has 1 aliphatic heterocycles. The number of thiazole rings is 1. The summed E-state index contributed by atoms with van der Waals surface area (Å²) in [5.41, 5.74) is 1.25. The third kappa shape index (κ3) is 2.51. The molecule has 1 atom stereocenters. The molecule has 1 unspecified atom stereocenters. The molecule has 0 saturated carbocycles. The first kappa shape index (κ1) is 12.3. The summed E-state index contributed by atoms with van der Waals surface area (Å²) in [6, 6.07) is 5.05. The summed E-state index contributed by atoms with van der Waals surface area (Å²) in [6.45, 7) is 4.40. The molecule has 0 aliphatic carbocycles. The Hall–Kier alpha value is -0.710. The zero-order chi connectivity index (χ0) is 12.4. The van der Waals surface area contributed by atoms with E-state index in [-0.39, 0.29) is 0 Å². The highest BCUT2D eigenvalue weighted by Crippen LogP contribution is 2.35. The summed E-state index contributed by atoms with van der Waals surface area (Å²) in [4.78, 5) is 8.78. The maximum atomic E-state index is 4.69. The SMILES string of the molecule is CCc1nc(CN2CCCC2c2cccs2)cs1. The molecule has 96 valence electrons. The predicted molar refractivity (Wildman–Crippen MR) is 78.2 cm³/mol. The van der Waals surface area contributed by atoms with Crippen molar-refractivity contribution in [2.45, 2.75) is 38.8 Å². The summed E-state index contributed by atoms with van der Waals surface area (Å²) in [6.07, 6.45) is 3.66. The van der Waals surface area contributed by atoms with Crippen LogP contribution >= 0.6 is 22.7 Å². The van der Waals surface area contributed by atoms with Gasteiger partial charge in [0.25, 0.3) is 0 Å². The summed E-state index contributed by atoms with van der Waals surface area (Å²) >= 11 is 3.68. The Morgan fingerprint density at radius 2 is 2.39 bits per heavy atom. The van der Waals surface area contributed by atoms with Crippen LogP contribution in [0, 0.1) is 0 Å². The van der Waals surface area contributed by atoms with Crippen molar-refractivity contribution in [3.63, 3.8) is 0 Å². The van der Waals surface area contributed by atoms with Crippen LogP contribution in [0.15, 0.2) is 22.9 Å². The number of likely N-dealkylation sites (tertiary alicyclic amines) is 1. The number of nitrogens with zero attached hydrogens (tertiary/aromatic N) is 2. The average molecular weight is 278 g/mol. The van der Waals surface area contributed by atoms with Crippen LogP contribution in [0.5, 0.6) is 0 Å². The third-order valence-corrected chi connectivity index (χ3v) is 5.52. The van der Waals surface area contributed by atoms with Crippen molar-refractivity contribution in [2.24, 2.45) is 0 Å². The molecule has 2 aromatic heterocycles. The van der Waals surface area contributed by atoms with Gasteiger partial charge >= 0.3 is 0 Å². The Morgan fingerprint density at radius 1 is 1.44 bits per heavy atom. The molecule has 1 fully saturated rings. The van der Waals surface area contributed by atoms with Crippen LogP contribution in [-0.2, 0) is 13.0 Å². The largest absolute Gasteiger partial charge is 0.290 e. The second kappa shape index (κ2) is 5.51. The molecule has 1 saturated heterocycles. The molecule has 2 nitrogen and oxygen atoms in total. The van der Waals surface area contributed by atoms with Crippen molar-refractivity contribution in [1.82, 2.24) is 9.88 Å². The van der Waals surface area contributed by atoms with Gasteiger partial charge in [-0.25, -0.2) is 4.98 Å². The maximum Gasteiger partial charge on any atom is 0.0926 e. The quantitative estimate of drug-likeness (QED) is 0.837. The van der Waals surface area contributed by atoms with Crippen LogP contribution in [0.1, 0.15) is 41.4 Å². The standard InChI is InChI=1S/C14H18N2S2/c1-2-14-15-11(10-18-14)9-16-7-3-5-12(16)13-6-4-8-17-13/h4,6,8,10,12H,2-3,5,7,9H2,1H3. The van der Waals surface area contributed by atoms with E-state index in [0.717, 1.165) is 13.0 Å². The van der Waals surface area contributed by atoms with Crippen molar-refractivity contribution in [3.05, 3.63) is 38.5 Å². The topological polar surface area (TPSA) is 16.1 Å². The van der Waals surface area contributed by atoms with E-state index >= 15 is 0 Å². The lowest BCUT2D eigenvalue weighted by atomic mass is 10.2. The van der Waals surface area contributed by atoms with Crippen molar-refractivity contribution < 1.29 is 0 Å². The third-order valence-electron chi connectivity index (χ3n) is 3.50. The molecule has 0 bridgehead atoms. The van der Waals surface area contributed by atoms with Gasteiger partial charge in [-0.2, -0.15) is 0 Å². The predicted octanol–water partition coefficient (Wildman–Crippen LogP) is 4.10. The van der Waals surface area contributed by atoms with E-state index in [1.165, 1.54) is 35.0 Å². The average Bonchev–Trinajstić information content (AvgIpc) is 3.09. The summed E-state index contributed by atoms with van der Waals surface area (Å²) in [5, 5.41) is 5.67. The van der Waals surface area contributed by atoms with Crippen molar-refractivity contribution in [1.29, 1.82) is 0 Å². The molecular formula is C14H18N2S2. The number of hydrogen-bond acceptors (Lipinski definition) is 4. The zero-order valence-electron chi connectivity index (χ0n) is 10.6. The normalized spacial score (nSPS) is 20.6. The Bertz CT molecular complexity index is 490. The smallest absolute Gasteiger partial charge is 0.0926 e. The molecular weight excluding hydrogens is 260 g/mol. The van der Waals surface area contributed by atoms with E-state index in [4.69, 9.17) is 0 Å². The number of aromatic nitrogens is 1. The van der Waals surface area contributed by atoms with Gasteiger partial charge in [-0.05, 0) is 37.3 Å². The van der Waals surface area contributed by atoms with Crippen LogP contribution in [0.4, 0.5) is 0 Å². The fourth-order valence-electron chi connectivity index (χ4n) is 2.61. The highest BCUT2D eigenvalue weighted by atomic mass is 32.1. The Morgan fingerprint density at radius 3 is 3.11 bits per heavy atom. The monoisotopic (exact) mass is 278 g/mol. The minimum absolute atomic E-state index is 0.622. The maximum absolute atomic E-state index is 4.69. The molecule has 3 heterocycles. The van der Waals surface area contributed by atoms with Crippen LogP contribution in [0.3, 0.4) is 0 Å². The molecule has 0 spiro atoms. The van der Waals surface area contributed by atoms with Crippen molar-refractivity contribution in [2.75, 3.05) is 6.54 Å². The molecule has 0 radical (unpaired) electrons. The van der Waals surface area contributed by atoms with Gasteiger partial charge in [-0.3, -0.25) is 4.90 Å². The summed E-state index contributed by atoms with van der Waals surface area (Å²) in [5.74, 6) is 0. The number of hydrogen-bond donors (Lipinski definition) is 0. The molecule has 0 aromatic carbocycles. The Kier molecular flexibility index (Phi) is 3.77. The van der Waals surface area contributed by atoms with Gasteiger partial charge in [0.15, 0.2) is 0 Å². The highest BCUT2D eigenvalue weighted by Gasteiger charge is 2.27. The Balaban J connectivity index is 1.71. The second-order valence-corrected chi connectivity index (χ2v) is 6.65. The number of rotatable bonds is 4. The van der Waals surface area contributed by atoms with Gasteiger partial charge < -0.3 is 0 Å². The van der Waals surface area contributed by atoms with E-state index in [0.29, 0.717) is 6.04 Å². The van der Waals surface area contributed by atoms with Crippen molar-refractivity contribution in [3.8, 4) is 0 Å². The highest BCUT2D eigenvalue weighted by molar-refractivity contribution is 7.10. The van der Waals surface area contributed by atoms with Gasteiger partial charge in [-0.1, -0.05) is 13.0 Å². The lowest BCUT2D eigenvalue weighted by molar-refractivity contribution is 0.249. The summed E-state index contributed by atoms with van der Waals surface area (Å²) < 4.78 is 0. The van der Waals surface area contributed by atoms with Crippen LogP contribution in [-0.4, -0.2) is 16.4 Å². The van der Waals surface area contributed by atoms with E-state index < -0.39 is 0 Å². The molecule has 2 aromatic rings. The fraction of sp³-hybridized carbons (Fsp3) is 0.500. The van der Waals surface area contributed by atoms with E-state index in [1.807, 2.05) is 11.3 Å². The first-order valence-electron chi connectivity index (χ1n) is 6.57. The van der Waals surface area contributed by atoms with E-state index in [9.17, 15) is 0 Å². The van der Waals surface area contributed by atoms with Gasteiger partial charge in [0.05, 0.1) is 10.7 Å². The molecule has 3 rings (SSSR count). The van der Waals surface area contributed by atoms with Crippen LogP contribution in [0.25, 0.3) is 0 Å². The van der Waals surface area contributed by atoms with Gasteiger partial charge in [0.2, 0.25) is 0 Å². The first-order valence-corrected chi connectivity index (χ1v) is 8.33. The van der Waals surface area contributed by atoms with Crippen LogP contribution < -0.4 is 0 Å². The Labute approximate surface area is 116 Å². The minimum Gasteiger partial charge on any atom is -0.290 e. The molecule has 18 heavy (non-hydrogen) atoms.